The molecular weight excluding hydrogens is 289 g/mol. The molecule has 0 N–H and O–H groups in total. The molecule has 2 rings (SSSR count). The third kappa shape index (κ3) is 2.88. The molecule has 0 amide bonds. The van der Waals surface area contributed by atoms with Crippen molar-refractivity contribution in [3.8, 4) is 6.07 Å². The van der Waals surface area contributed by atoms with E-state index in [0.717, 1.165) is 5.00 Å². The molecule has 0 spiro atoms. The number of nitrogens with zero attached hydrogens (tertiary/aromatic N) is 4. The number of aromatic nitrogens is 1. The Kier molecular flexibility index (Phi) is 4.20. The summed E-state index contributed by atoms with van der Waals surface area (Å²) in [6, 6.07) is 0.685. The number of anilines is 1. The second kappa shape index (κ2) is 5.58. The van der Waals surface area contributed by atoms with Crippen LogP contribution < -0.4 is 4.90 Å². The second-order valence-corrected chi connectivity index (χ2v) is 5.55. The molecule has 20 heavy (non-hydrogen) atoms. The topological polar surface area (TPSA) is 43.2 Å². The highest BCUT2D eigenvalue weighted by Gasteiger charge is 2.41. The molecule has 1 aromatic rings. The van der Waals surface area contributed by atoms with E-state index in [1.165, 1.54) is 23.4 Å². The van der Waals surface area contributed by atoms with Crippen molar-refractivity contribution in [3.05, 3.63) is 11.3 Å². The van der Waals surface area contributed by atoms with Crippen molar-refractivity contribution in [1.82, 2.24) is 9.27 Å². The van der Waals surface area contributed by atoms with Crippen molar-refractivity contribution in [2.75, 3.05) is 31.1 Å². The van der Waals surface area contributed by atoms with Crippen molar-refractivity contribution in [2.45, 2.75) is 26.1 Å². The summed E-state index contributed by atoms with van der Waals surface area (Å²) in [7, 11) is 0. The first-order valence-corrected chi connectivity index (χ1v) is 7.04. The highest BCUT2D eigenvalue weighted by Crippen LogP contribution is 2.30. The van der Waals surface area contributed by atoms with Crippen LogP contribution in [-0.2, 0) is 0 Å². The molecule has 2 heterocycles. The van der Waals surface area contributed by atoms with Crippen LogP contribution in [0.1, 0.15) is 18.2 Å². The molecule has 4 nitrogen and oxygen atoms in total. The lowest BCUT2D eigenvalue weighted by molar-refractivity contribution is -0.179. The van der Waals surface area contributed by atoms with E-state index in [1.54, 1.807) is 6.92 Å². The van der Waals surface area contributed by atoms with Gasteiger partial charge in [-0.2, -0.15) is 22.8 Å². The first kappa shape index (κ1) is 15.1. The van der Waals surface area contributed by atoms with Crippen LogP contribution in [0.25, 0.3) is 0 Å². The van der Waals surface area contributed by atoms with Crippen molar-refractivity contribution in [2.24, 2.45) is 0 Å². The summed E-state index contributed by atoms with van der Waals surface area (Å²) in [5.41, 5.74) is 1.21. The lowest BCUT2D eigenvalue weighted by atomic mass is 10.2. The predicted octanol–water partition coefficient (Wildman–Crippen LogP) is 2.40. The smallest absolute Gasteiger partial charge is 0.359 e. The Bertz CT molecular complexity index is 512. The summed E-state index contributed by atoms with van der Waals surface area (Å²) in [6.07, 6.45) is -4.19. The lowest BCUT2D eigenvalue weighted by Crippen LogP contribution is -2.53. The van der Waals surface area contributed by atoms with Crippen LogP contribution in [0.4, 0.5) is 18.2 Å². The highest BCUT2D eigenvalue weighted by atomic mass is 32.1. The zero-order chi connectivity index (χ0) is 14.9. The zero-order valence-electron chi connectivity index (χ0n) is 11.2. The Morgan fingerprint density at radius 1 is 1.30 bits per heavy atom. The molecule has 1 atom stereocenters. The molecule has 0 saturated carbocycles. The van der Waals surface area contributed by atoms with Gasteiger partial charge in [-0.1, -0.05) is 0 Å². The van der Waals surface area contributed by atoms with Gasteiger partial charge in [-0.05, 0) is 25.4 Å². The van der Waals surface area contributed by atoms with Gasteiger partial charge in [-0.3, -0.25) is 4.90 Å². The third-order valence-electron chi connectivity index (χ3n) is 3.58. The van der Waals surface area contributed by atoms with Gasteiger partial charge in [0.1, 0.15) is 22.7 Å². The van der Waals surface area contributed by atoms with E-state index in [4.69, 9.17) is 5.26 Å². The minimum Gasteiger partial charge on any atom is -0.359 e. The average molecular weight is 304 g/mol. The number of alkyl halides is 3. The lowest BCUT2D eigenvalue weighted by Gasteiger charge is -2.38. The number of piperazine rings is 1. The second-order valence-electron chi connectivity index (χ2n) is 4.80. The van der Waals surface area contributed by atoms with Crippen molar-refractivity contribution in [1.29, 1.82) is 5.26 Å². The summed E-state index contributed by atoms with van der Waals surface area (Å²) >= 11 is 1.24. The van der Waals surface area contributed by atoms with Crippen molar-refractivity contribution < 1.29 is 13.2 Å². The van der Waals surface area contributed by atoms with Crippen LogP contribution in [0, 0.1) is 18.3 Å². The predicted molar refractivity (Wildman–Crippen MR) is 70.9 cm³/mol. The zero-order valence-corrected chi connectivity index (χ0v) is 12.1. The van der Waals surface area contributed by atoms with Gasteiger partial charge in [0, 0.05) is 26.2 Å². The molecule has 0 radical (unpaired) electrons. The van der Waals surface area contributed by atoms with Crippen LogP contribution >= 0.6 is 11.5 Å². The van der Waals surface area contributed by atoms with E-state index in [0.29, 0.717) is 37.4 Å². The number of nitriles is 1. The fraction of sp³-hybridized carbons (Fsp3) is 0.667. The SMILES string of the molecule is Cc1nsc(N2CCN([C@H](C)C(F)(F)F)CC2)c1C#N. The molecule has 0 aliphatic carbocycles. The molecule has 0 unspecified atom stereocenters. The van der Waals surface area contributed by atoms with Gasteiger partial charge < -0.3 is 4.90 Å². The molecule has 1 aromatic heterocycles. The Morgan fingerprint density at radius 3 is 2.40 bits per heavy atom. The fourth-order valence-electron chi connectivity index (χ4n) is 2.22. The molecule has 1 aliphatic heterocycles. The van der Waals surface area contributed by atoms with Crippen molar-refractivity contribution >= 4 is 16.5 Å². The summed E-state index contributed by atoms with van der Waals surface area (Å²) in [4.78, 5) is 3.37. The van der Waals surface area contributed by atoms with Crippen LogP contribution in [0.3, 0.4) is 0 Å². The van der Waals surface area contributed by atoms with Gasteiger partial charge in [-0.25, -0.2) is 0 Å². The summed E-state index contributed by atoms with van der Waals surface area (Å²) in [5, 5.41) is 9.86. The molecule has 0 aromatic carbocycles. The van der Waals surface area contributed by atoms with Crippen LogP contribution in [0.5, 0.6) is 0 Å². The average Bonchev–Trinajstić information content (AvgIpc) is 2.78. The number of aryl methyl sites for hydroxylation is 1. The Labute approximate surface area is 119 Å². The molecule has 8 heteroatoms. The quantitative estimate of drug-likeness (QED) is 0.841. The monoisotopic (exact) mass is 304 g/mol. The number of halogens is 3. The van der Waals surface area contributed by atoms with E-state index in [2.05, 4.69) is 10.4 Å². The maximum Gasteiger partial charge on any atom is 0.403 e. The molecular formula is C12H15F3N4S. The van der Waals surface area contributed by atoms with Gasteiger partial charge >= 0.3 is 6.18 Å². The van der Waals surface area contributed by atoms with Gasteiger partial charge in [0.15, 0.2) is 0 Å². The normalized spacial score (nSPS) is 18.9. The fourth-order valence-corrected chi connectivity index (χ4v) is 3.12. The molecule has 1 aliphatic rings. The molecule has 1 fully saturated rings. The molecule has 0 bridgehead atoms. The number of hydrogen-bond donors (Lipinski definition) is 0. The van der Waals surface area contributed by atoms with Gasteiger partial charge in [-0.15, -0.1) is 0 Å². The Morgan fingerprint density at radius 2 is 1.90 bits per heavy atom. The van der Waals surface area contributed by atoms with E-state index >= 15 is 0 Å². The maximum atomic E-state index is 12.7. The molecule has 110 valence electrons. The molecule has 1 saturated heterocycles. The number of rotatable bonds is 2. The summed E-state index contributed by atoms with van der Waals surface area (Å²) < 4.78 is 42.1. The van der Waals surface area contributed by atoms with Gasteiger partial charge in [0.05, 0.1) is 5.69 Å². The van der Waals surface area contributed by atoms with E-state index in [9.17, 15) is 13.2 Å². The standard InChI is InChI=1S/C12H15F3N4S/c1-8-10(7-16)11(20-17-8)19-5-3-18(4-6-19)9(2)12(13,14)15/h9H,3-6H2,1-2H3/t9-/m1/s1. The highest BCUT2D eigenvalue weighted by molar-refractivity contribution is 7.10. The van der Waals surface area contributed by atoms with Crippen LogP contribution in [-0.4, -0.2) is 47.7 Å². The minimum absolute atomic E-state index is 0.336. The minimum atomic E-state index is -4.19. The van der Waals surface area contributed by atoms with E-state index in [-0.39, 0.29) is 0 Å². The van der Waals surface area contributed by atoms with Gasteiger partial charge in [0.2, 0.25) is 0 Å². The van der Waals surface area contributed by atoms with Crippen molar-refractivity contribution in [3.63, 3.8) is 0 Å². The number of hydrogen-bond acceptors (Lipinski definition) is 5. The van der Waals surface area contributed by atoms with E-state index < -0.39 is 12.2 Å². The Balaban J connectivity index is 2.03. The summed E-state index contributed by atoms with van der Waals surface area (Å²) in [5.74, 6) is 0. The Hall–Kier alpha value is -1.33. The van der Waals surface area contributed by atoms with E-state index in [1.807, 2.05) is 4.90 Å². The van der Waals surface area contributed by atoms with Crippen LogP contribution in [0.15, 0.2) is 0 Å². The first-order chi connectivity index (χ1) is 9.34. The maximum absolute atomic E-state index is 12.7. The third-order valence-corrected chi connectivity index (χ3v) is 4.58. The van der Waals surface area contributed by atoms with Gasteiger partial charge in [0.25, 0.3) is 0 Å². The first-order valence-electron chi connectivity index (χ1n) is 6.26. The summed E-state index contributed by atoms with van der Waals surface area (Å²) in [6.45, 7) is 4.59. The van der Waals surface area contributed by atoms with Crippen LogP contribution in [0.2, 0.25) is 0 Å². The largest absolute Gasteiger partial charge is 0.403 e.